The fourth-order valence-corrected chi connectivity index (χ4v) is 1.73. The maximum absolute atomic E-state index is 11.5. The molecule has 1 N–H and O–H groups in total. The van der Waals surface area contributed by atoms with E-state index in [0.29, 0.717) is 23.7 Å². The second-order valence-corrected chi connectivity index (χ2v) is 4.45. The second kappa shape index (κ2) is 6.77. The lowest BCUT2D eigenvalue weighted by molar-refractivity contribution is -0.121. The van der Waals surface area contributed by atoms with Crippen molar-refractivity contribution in [2.75, 3.05) is 5.88 Å². The van der Waals surface area contributed by atoms with Crippen LogP contribution in [0.5, 0.6) is 0 Å². The van der Waals surface area contributed by atoms with Gasteiger partial charge in [0, 0.05) is 17.3 Å². The molecule has 0 bridgehead atoms. The Kier molecular flexibility index (Phi) is 5.64. The van der Waals surface area contributed by atoms with E-state index in [0.717, 1.165) is 5.56 Å². The highest BCUT2D eigenvalue weighted by Gasteiger charge is 2.09. The summed E-state index contributed by atoms with van der Waals surface area (Å²) >= 11 is 11.4. The summed E-state index contributed by atoms with van der Waals surface area (Å²) in [4.78, 5) is 11.5. The topological polar surface area (TPSA) is 29.1 Å². The summed E-state index contributed by atoms with van der Waals surface area (Å²) in [5.41, 5.74) is 1.01. The Bertz CT molecular complexity index is 355. The number of benzene rings is 1. The Morgan fingerprint density at radius 3 is 2.88 bits per heavy atom. The zero-order chi connectivity index (χ0) is 12.0. The van der Waals surface area contributed by atoms with Crippen molar-refractivity contribution in [2.45, 2.75) is 25.8 Å². The summed E-state index contributed by atoms with van der Waals surface area (Å²) in [5, 5.41) is 3.58. The van der Waals surface area contributed by atoms with E-state index in [2.05, 4.69) is 5.32 Å². The molecular formula is C12H15Cl2NO. The monoisotopic (exact) mass is 259 g/mol. The molecule has 0 aliphatic carbocycles. The Morgan fingerprint density at radius 2 is 2.25 bits per heavy atom. The second-order valence-electron chi connectivity index (χ2n) is 3.64. The number of amides is 1. The van der Waals surface area contributed by atoms with Crippen LogP contribution in [0.2, 0.25) is 5.02 Å². The molecule has 4 heteroatoms. The highest BCUT2D eigenvalue weighted by molar-refractivity contribution is 6.30. The van der Waals surface area contributed by atoms with Gasteiger partial charge in [0.2, 0.25) is 5.91 Å². The Labute approximate surface area is 106 Å². The SMILES string of the molecule is CC(NC(=O)CCCCl)c1cccc(Cl)c1. The number of hydrogen-bond donors (Lipinski definition) is 1. The van der Waals surface area contributed by atoms with Gasteiger partial charge in [-0.1, -0.05) is 23.7 Å². The molecule has 0 saturated heterocycles. The summed E-state index contributed by atoms with van der Waals surface area (Å²) < 4.78 is 0. The quantitative estimate of drug-likeness (QED) is 0.806. The van der Waals surface area contributed by atoms with Crippen LogP contribution in [0.15, 0.2) is 24.3 Å². The van der Waals surface area contributed by atoms with E-state index in [1.54, 1.807) is 0 Å². The van der Waals surface area contributed by atoms with Crippen molar-refractivity contribution in [3.8, 4) is 0 Å². The predicted molar refractivity (Wildman–Crippen MR) is 68.0 cm³/mol. The van der Waals surface area contributed by atoms with Gasteiger partial charge in [-0.05, 0) is 31.0 Å². The summed E-state index contributed by atoms with van der Waals surface area (Å²) in [6, 6.07) is 7.46. The Balaban J connectivity index is 2.52. The highest BCUT2D eigenvalue weighted by Crippen LogP contribution is 2.17. The molecule has 0 fully saturated rings. The van der Waals surface area contributed by atoms with Gasteiger partial charge in [0.15, 0.2) is 0 Å². The molecule has 1 rings (SSSR count). The lowest BCUT2D eigenvalue weighted by Crippen LogP contribution is -2.26. The maximum Gasteiger partial charge on any atom is 0.220 e. The maximum atomic E-state index is 11.5. The summed E-state index contributed by atoms with van der Waals surface area (Å²) in [5.74, 6) is 0.534. The zero-order valence-corrected chi connectivity index (χ0v) is 10.7. The van der Waals surface area contributed by atoms with Crippen molar-refractivity contribution >= 4 is 29.1 Å². The molecule has 88 valence electrons. The molecule has 2 nitrogen and oxygen atoms in total. The van der Waals surface area contributed by atoms with Crippen LogP contribution < -0.4 is 5.32 Å². The molecule has 16 heavy (non-hydrogen) atoms. The molecule has 0 aliphatic rings. The van der Waals surface area contributed by atoms with Gasteiger partial charge in [0.05, 0.1) is 6.04 Å². The largest absolute Gasteiger partial charge is 0.350 e. The van der Waals surface area contributed by atoms with Crippen LogP contribution in [0.25, 0.3) is 0 Å². The molecule has 0 spiro atoms. The van der Waals surface area contributed by atoms with Crippen LogP contribution >= 0.6 is 23.2 Å². The smallest absolute Gasteiger partial charge is 0.220 e. The van der Waals surface area contributed by atoms with Gasteiger partial charge in [-0.2, -0.15) is 0 Å². The van der Waals surface area contributed by atoms with Crippen LogP contribution in [-0.2, 0) is 4.79 Å². The van der Waals surface area contributed by atoms with E-state index >= 15 is 0 Å². The van der Waals surface area contributed by atoms with Gasteiger partial charge < -0.3 is 5.32 Å². The molecule has 1 aromatic carbocycles. The molecule has 1 unspecified atom stereocenters. The molecule has 0 saturated carbocycles. The minimum Gasteiger partial charge on any atom is -0.350 e. The summed E-state index contributed by atoms with van der Waals surface area (Å²) in [6.07, 6.45) is 1.17. The van der Waals surface area contributed by atoms with Crippen molar-refractivity contribution in [3.05, 3.63) is 34.9 Å². The third-order valence-electron chi connectivity index (χ3n) is 2.26. The zero-order valence-electron chi connectivity index (χ0n) is 9.17. The van der Waals surface area contributed by atoms with Crippen molar-refractivity contribution in [1.29, 1.82) is 0 Å². The average Bonchev–Trinajstić information content (AvgIpc) is 2.26. The first-order chi connectivity index (χ1) is 7.63. The van der Waals surface area contributed by atoms with E-state index in [4.69, 9.17) is 23.2 Å². The van der Waals surface area contributed by atoms with Crippen molar-refractivity contribution in [2.24, 2.45) is 0 Å². The molecular weight excluding hydrogens is 245 g/mol. The standard InChI is InChI=1S/C12H15Cl2NO/c1-9(15-12(16)6-3-7-13)10-4-2-5-11(14)8-10/h2,4-5,8-9H,3,6-7H2,1H3,(H,15,16). The predicted octanol–water partition coefficient (Wildman–Crippen LogP) is 3.54. The fraction of sp³-hybridized carbons (Fsp3) is 0.417. The molecule has 1 aromatic rings. The number of nitrogens with one attached hydrogen (secondary N) is 1. The lowest BCUT2D eigenvalue weighted by Gasteiger charge is -2.14. The fourth-order valence-electron chi connectivity index (χ4n) is 1.40. The van der Waals surface area contributed by atoms with Crippen molar-refractivity contribution in [1.82, 2.24) is 5.32 Å². The molecule has 1 atom stereocenters. The van der Waals surface area contributed by atoms with E-state index in [9.17, 15) is 4.79 Å². The minimum absolute atomic E-state index is 0.0214. The number of carbonyl (C=O) groups excluding carboxylic acids is 1. The van der Waals surface area contributed by atoms with E-state index < -0.39 is 0 Å². The number of carbonyl (C=O) groups is 1. The number of alkyl halides is 1. The van der Waals surface area contributed by atoms with Crippen LogP contribution in [0.1, 0.15) is 31.4 Å². The van der Waals surface area contributed by atoms with Gasteiger partial charge >= 0.3 is 0 Å². The van der Waals surface area contributed by atoms with Gasteiger partial charge in [0.1, 0.15) is 0 Å². The molecule has 0 radical (unpaired) electrons. The number of halogens is 2. The molecule has 0 aliphatic heterocycles. The van der Waals surface area contributed by atoms with Gasteiger partial charge in [-0.25, -0.2) is 0 Å². The summed E-state index contributed by atoms with van der Waals surface area (Å²) in [7, 11) is 0. The van der Waals surface area contributed by atoms with E-state index in [1.165, 1.54) is 0 Å². The first-order valence-electron chi connectivity index (χ1n) is 5.24. The normalized spacial score (nSPS) is 12.2. The number of rotatable bonds is 5. The lowest BCUT2D eigenvalue weighted by atomic mass is 10.1. The van der Waals surface area contributed by atoms with Crippen molar-refractivity contribution < 1.29 is 4.79 Å². The van der Waals surface area contributed by atoms with Crippen LogP contribution in [0.4, 0.5) is 0 Å². The first kappa shape index (κ1) is 13.3. The van der Waals surface area contributed by atoms with E-state index in [1.807, 2.05) is 31.2 Å². The first-order valence-corrected chi connectivity index (χ1v) is 6.15. The third kappa shape index (κ3) is 4.42. The minimum atomic E-state index is -0.0264. The molecule has 1 amide bonds. The highest BCUT2D eigenvalue weighted by atomic mass is 35.5. The van der Waals surface area contributed by atoms with E-state index in [-0.39, 0.29) is 11.9 Å². The van der Waals surface area contributed by atoms with Crippen LogP contribution in [-0.4, -0.2) is 11.8 Å². The van der Waals surface area contributed by atoms with Gasteiger partial charge in [-0.15, -0.1) is 11.6 Å². The Morgan fingerprint density at radius 1 is 1.50 bits per heavy atom. The van der Waals surface area contributed by atoms with Gasteiger partial charge in [0.25, 0.3) is 0 Å². The van der Waals surface area contributed by atoms with Gasteiger partial charge in [-0.3, -0.25) is 4.79 Å². The van der Waals surface area contributed by atoms with Crippen LogP contribution in [0.3, 0.4) is 0 Å². The van der Waals surface area contributed by atoms with Crippen LogP contribution in [0, 0.1) is 0 Å². The average molecular weight is 260 g/mol. The number of hydrogen-bond acceptors (Lipinski definition) is 1. The Hall–Kier alpha value is -0.730. The van der Waals surface area contributed by atoms with Crippen molar-refractivity contribution in [3.63, 3.8) is 0 Å². The summed E-state index contributed by atoms with van der Waals surface area (Å²) in [6.45, 7) is 1.93. The molecule has 0 heterocycles. The third-order valence-corrected chi connectivity index (χ3v) is 2.77. The molecule has 0 aromatic heterocycles.